The molecular weight excluding hydrogens is 505 g/mol. The van der Waals surface area contributed by atoms with Crippen molar-refractivity contribution in [1.29, 1.82) is 0 Å². The van der Waals surface area contributed by atoms with Crippen molar-refractivity contribution in [2.75, 3.05) is 39.3 Å². The summed E-state index contributed by atoms with van der Waals surface area (Å²) in [6.07, 6.45) is 2.01. The number of aliphatic imine (C=N–C) groups is 2. The van der Waals surface area contributed by atoms with Crippen LogP contribution in [-0.2, 0) is 0 Å². The van der Waals surface area contributed by atoms with Gasteiger partial charge in [-0.1, -0.05) is 30.0 Å². The summed E-state index contributed by atoms with van der Waals surface area (Å²) in [5.41, 5.74) is 1.03. The molecule has 1 atom stereocenters. The molecule has 0 N–H and O–H groups in total. The van der Waals surface area contributed by atoms with Crippen LogP contribution in [0.15, 0.2) is 40.3 Å². The Hall–Kier alpha value is -0.300. The maximum Gasteiger partial charge on any atom is 0.197 e. The highest BCUT2D eigenvalue weighted by molar-refractivity contribution is 14.2. The first-order valence-electron chi connectivity index (χ1n) is 7.26. The molecule has 0 amide bonds. The first-order chi connectivity index (χ1) is 11.8. The minimum Gasteiger partial charge on any atom is -0.357 e. The molecule has 0 aliphatic carbocycles. The molecule has 1 aliphatic heterocycles. The molecule has 25 heavy (non-hydrogen) atoms. The second-order valence-corrected chi connectivity index (χ2v) is 13.7. The number of para-hydroxylation sites is 1. The lowest BCUT2D eigenvalue weighted by molar-refractivity contribution is 0.629. The molecule has 0 bridgehead atoms. The van der Waals surface area contributed by atoms with E-state index in [4.69, 9.17) is 17.2 Å². The summed E-state index contributed by atoms with van der Waals surface area (Å²) < 4.78 is 0. The Morgan fingerprint density at radius 1 is 1.24 bits per heavy atom. The van der Waals surface area contributed by atoms with E-state index in [0.717, 1.165) is 21.1 Å². The van der Waals surface area contributed by atoms with Gasteiger partial charge in [0, 0.05) is 49.4 Å². The highest BCUT2D eigenvalue weighted by atomic mass is 127. The van der Waals surface area contributed by atoms with Gasteiger partial charge in [-0.3, -0.25) is 4.90 Å². The lowest BCUT2D eigenvalue weighted by atomic mass is 10.3. The van der Waals surface area contributed by atoms with Gasteiger partial charge in [-0.05, 0) is 48.1 Å². The summed E-state index contributed by atoms with van der Waals surface area (Å²) in [6, 6.07) is 10.2. The molecule has 0 saturated carbocycles. The number of anilines is 1. The summed E-state index contributed by atoms with van der Waals surface area (Å²) in [5, 5.41) is 3.35. The van der Waals surface area contributed by atoms with E-state index >= 15 is 0 Å². The Bertz CT molecular complexity index is 731. The Balaban J connectivity index is 2.55. The molecule has 1 heterocycles. The van der Waals surface area contributed by atoms with Crippen molar-refractivity contribution < 1.29 is 0 Å². The number of benzene rings is 1. The number of amidine groups is 2. The number of thioether (sulfide) groups is 1. The summed E-state index contributed by atoms with van der Waals surface area (Å²) >= 11 is 9.41. The van der Waals surface area contributed by atoms with Crippen molar-refractivity contribution in [2.45, 2.75) is 0 Å². The minimum absolute atomic E-state index is 0.107. The third kappa shape index (κ3) is 5.34. The fraction of sp³-hybridized carbons (Fsp3) is 0.333. The van der Waals surface area contributed by atoms with Gasteiger partial charge in [-0.15, -0.1) is 0 Å². The fourth-order valence-electron chi connectivity index (χ4n) is 1.78. The van der Waals surface area contributed by atoms with Crippen LogP contribution in [0.1, 0.15) is 0 Å². The van der Waals surface area contributed by atoms with Crippen LogP contribution in [0.25, 0.3) is 0 Å². The number of halogens is 1. The number of rotatable bonds is 1. The van der Waals surface area contributed by atoms with E-state index in [2.05, 4.69) is 43.2 Å². The fourth-order valence-corrected chi connectivity index (χ4v) is 7.41. The van der Waals surface area contributed by atoms with Gasteiger partial charge < -0.3 is 9.80 Å². The average Bonchev–Trinajstić information content (AvgIpc) is 2.97. The topological polar surface area (TPSA) is 34.4 Å². The number of hydrogen-bond donors (Lipinski definition) is 0. The van der Waals surface area contributed by atoms with Crippen molar-refractivity contribution in [3.05, 3.63) is 30.3 Å². The summed E-state index contributed by atoms with van der Waals surface area (Å²) in [7, 11) is 9.60. The van der Waals surface area contributed by atoms with Gasteiger partial charge >= 0.3 is 0 Å². The third-order valence-corrected chi connectivity index (χ3v) is 9.56. The first kappa shape index (κ1) is 21.0. The van der Waals surface area contributed by atoms with Gasteiger partial charge in [0.2, 0.25) is 0 Å². The van der Waals surface area contributed by atoms with E-state index < -0.39 is 0 Å². The molecule has 0 radical (unpaired) electrons. The predicted molar refractivity (Wildman–Crippen MR) is 131 cm³/mol. The van der Waals surface area contributed by atoms with Crippen molar-refractivity contribution in [3.63, 3.8) is 0 Å². The van der Waals surface area contributed by atoms with E-state index in [1.54, 1.807) is 22.6 Å². The Labute approximate surface area is 177 Å². The van der Waals surface area contributed by atoms with Crippen molar-refractivity contribution in [3.8, 4) is 0 Å². The zero-order valence-corrected chi connectivity index (χ0v) is 20.1. The normalized spacial score (nSPS) is 17.4. The maximum absolute atomic E-state index is 5.40. The van der Waals surface area contributed by atoms with Gasteiger partial charge in [0.05, 0.1) is 5.69 Å². The van der Waals surface area contributed by atoms with Crippen LogP contribution in [-0.4, -0.2) is 64.8 Å². The number of thiocarbonyl (C=S) groups is 1. The van der Waals surface area contributed by atoms with E-state index in [1.165, 1.54) is 0 Å². The van der Waals surface area contributed by atoms with Crippen molar-refractivity contribution >= 4 is 88.9 Å². The summed E-state index contributed by atoms with van der Waals surface area (Å²) in [6.45, 7) is -0.107. The molecule has 1 aromatic rings. The maximum atomic E-state index is 5.40. The lowest BCUT2D eigenvalue weighted by Crippen LogP contribution is -2.35. The minimum atomic E-state index is -0.107. The molecule has 10 heteroatoms. The molecule has 0 fully saturated rings. The van der Waals surface area contributed by atoms with Gasteiger partial charge in [0.25, 0.3) is 0 Å². The molecule has 5 nitrogen and oxygen atoms in total. The molecule has 0 aromatic heterocycles. The Morgan fingerprint density at radius 2 is 1.88 bits per heavy atom. The van der Waals surface area contributed by atoms with Gasteiger partial charge in [-0.2, -0.15) is 9.98 Å². The number of nitrogens with zero attached hydrogens (tertiary/aromatic N) is 5. The predicted octanol–water partition coefficient (Wildman–Crippen LogP) is 4.34. The zero-order valence-electron chi connectivity index (χ0n) is 14.6. The van der Waals surface area contributed by atoms with E-state index in [0.29, 0.717) is 5.11 Å². The van der Waals surface area contributed by atoms with Crippen LogP contribution >= 0.6 is 62.7 Å². The molecule has 1 aliphatic rings. The molecule has 136 valence electrons. The Morgan fingerprint density at radius 3 is 2.36 bits per heavy atom. The van der Waals surface area contributed by atoms with E-state index in [1.807, 2.05) is 62.4 Å². The molecule has 1 aromatic carbocycles. The smallest absolute Gasteiger partial charge is 0.197 e. The Kier molecular flexibility index (Phi) is 8.05. The molecule has 2 rings (SSSR count). The largest absolute Gasteiger partial charge is 0.357 e. The highest BCUT2D eigenvalue weighted by Gasteiger charge is 2.27. The van der Waals surface area contributed by atoms with Gasteiger partial charge in [0.15, 0.2) is 20.6 Å². The lowest BCUT2D eigenvalue weighted by Gasteiger charge is -2.25. The third-order valence-electron chi connectivity index (χ3n) is 3.02. The van der Waals surface area contributed by atoms with Crippen molar-refractivity contribution in [1.82, 2.24) is 9.80 Å². The van der Waals surface area contributed by atoms with Crippen LogP contribution in [0.2, 0.25) is 0 Å². The molecule has 1 unspecified atom stereocenters. The summed E-state index contributed by atoms with van der Waals surface area (Å²) in [4.78, 5) is 15.5. The van der Waals surface area contributed by atoms with Crippen LogP contribution in [0.4, 0.5) is 5.69 Å². The van der Waals surface area contributed by atoms with Gasteiger partial charge in [0.1, 0.15) is 0 Å². The molecular formula is C15H20IN5S4. The molecule has 0 spiro atoms. The van der Waals surface area contributed by atoms with E-state index in [9.17, 15) is 0 Å². The number of hydrogen-bond acceptors (Lipinski definition) is 5. The quantitative estimate of drug-likeness (QED) is 0.179. The van der Waals surface area contributed by atoms with Crippen LogP contribution < -0.4 is 4.90 Å². The van der Waals surface area contributed by atoms with Crippen LogP contribution in [0.3, 0.4) is 0 Å². The first-order valence-corrected chi connectivity index (χ1v) is 14.0. The monoisotopic (exact) mass is 525 g/mol. The second-order valence-electron chi connectivity index (χ2n) is 5.32. The van der Waals surface area contributed by atoms with Crippen LogP contribution in [0, 0.1) is 0 Å². The van der Waals surface area contributed by atoms with Crippen molar-refractivity contribution in [2.24, 2.45) is 9.98 Å². The molecule has 0 saturated heterocycles. The standard InChI is InChI=1S/C15H20IN5S4/c1-19(2)12(22)17-14(23-5)21(11-9-7-6-8-10-11)15-18-13(20(3)4)24-25(15)16/h6-10H,1-5H3/b17-14-. The highest BCUT2D eigenvalue weighted by Crippen LogP contribution is 2.47. The van der Waals surface area contributed by atoms with E-state index in [-0.39, 0.29) is 6.69 Å². The second kappa shape index (κ2) is 9.58. The van der Waals surface area contributed by atoms with Gasteiger partial charge in [-0.25, -0.2) is 0 Å². The van der Waals surface area contributed by atoms with Crippen LogP contribution in [0.5, 0.6) is 0 Å². The zero-order chi connectivity index (χ0) is 18.6. The SMILES string of the molecule is CS/C(=N\C(=S)N(C)C)N(C1=S(I)SC(N(C)C)=N1)c1ccccc1. The summed E-state index contributed by atoms with van der Waals surface area (Å²) in [5.74, 6) is 0. The average molecular weight is 526 g/mol.